The van der Waals surface area contributed by atoms with E-state index in [0.29, 0.717) is 24.6 Å². The molecule has 0 spiro atoms. The molecule has 240 valence electrons. The van der Waals surface area contributed by atoms with Crippen molar-refractivity contribution in [1.82, 2.24) is 0 Å². The Morgan fingerprint density at radius 3 is 0.667 bits per heavy atom. The Morgan fingerprint density at radius 2 is 0.487 bits per heavy atom. The third kappa shape index (κ3) is 38.9. The van der Waals surface area contributed by atoms with Crippen LogP contribution in [0.25, 0.3) is 0 Å². The quantitative estimate of drug-likeness (QED) is 0.0486. The molecule has 0 radical (unpaired) electrons. The molecule has 4 nitrogen and oxygen atoms in total. The second-order valence-corrected chi connectivity index (χ2v) is 16.6. The summed E-state index contributed by atoms with van der Waals surface area (Å²) in [5.74, 6) is 0. The first-order valence-corrected chi connectivity index (χ1v) is 20.8. The van der Waals surface area contributed by atoms with Crippen LogP contribution in [0.2, 0.25) is 0 Å². The van der Waals surface area contributed by atoms with E-state index >= 15 is 0 Å². The van der Waals surface area contributed by atoms with Crippen molar-refractivity contribution < 1.29 is 35.4 Å². The van der Waals surface area contributed by atoms with Gasteiger partial charge in [0.2, 0.25) is 0 Å². The van der Waals surface area contributed by atoms with Crippen LogP contribution in [0.3, 0.4) is 0 Å². The first-order chi connectivity index (χ1) is 18.2. The Balaban J connectivity index is -0.000000648. The molecular weight excluding hydrogens is 569 g/mol. The Bertz CT molecular complexity index is 472. The van der Waals surface area contributed by atoms with Crippen molar-refractivity contribution >= 4 is 14.7 Å². The van der Waals surface area contributed by atoms with Gasteiger partial charge in [0.25, 0.3) is 0 Å². The maximum atomic E-state index is 11.8. The van der Waals surface area contributed by atoms with E-state index in [-0.39, 0.29) is 16.5 Å². The van der Waals surface area contributed by atoms with Crippen LogP contribution in [-0.4, -0.2) is 24.6 Å². The fraction of sp³-hybridized carbons (Fsp3) is 1.00. The van der Waals surface area contributed by atoms with E-state index in [1.54, 1.807) is 0 Å². The van der Waals surface area contributed by atoms with Crippen molar-refractivity contribution in [2.75, 3.05) is 24.6 Å². The largest absolute Gasteiger partial charge is 2.00 e. The summed E-state index contributed by atoms with van der Waals surface area (Å²) in [6.45, 7) is 8.80. The Hall–Kier alpha value is 0.874. The van der Waals surface area contributed by atoms with Crippen molar-refractivity contribution in [3.05, 3.63) is 0 Å². The van der Waals surface area contributed by atoms with Crippen LogP contribution in [0.1, 0.15) is 182 Å². The molecule has 0 N–H and O–H groups in total. The van der Waals surface area contributed by atoms with Gasteiger partial charge in [0.1, 0.15) is 0 Å². The fourth-order valence-electron chi connectivity index (χ4n) is 4.76. The van der Waals surface area contributed by atoms with Gasteiger partial charge in [-0.2, -0.15) is 0 Å². The molecule has 0 aromatic rings. The third-order valence-corrected chi connectivity index (χ3v) is 11.4. The van der Waals surface area contributed by atoms with Gasteiger partial charge >= 0.3 is 16.5 Å². The molecule has 0 amide bonds. The van der Waals surface area contributed by atoms with E-state index in [1.165, 1.54) is 103 Å². The minimum absolute atomic E-state index is 0. The fourth-order valence-corrected chi connectivity index (χ4v) is 8.02. The molecule has 0 rings (SSSR count). The Labute approximate surface area is 255 Å². The number of unbranched alkanes of at least 4 members (excludes halogenated alkanes) is 20. The van der Waals surface area contributed by atoms with Gasteiger partial charge in [-0.05, 0) is 50.3 Å². The number of rotatable bonds is 28. The summed E-state index contributed by atoms with van der Waals surface area (Å²) in [7, 11) is -6.11. The zero-order valence-corrected chi connectivity index (χ0v) is 29.4. The SMILES string of the molecule is CCCCCCCCP(=O)([O-])CCCCCCCC.CCCCCCCCP(=O)([O-])CCCCCCCC.[Ni+2]. The van der Waals surface area contributed by atoms with E-state index in [9.17, 15) is 18.9 Å². The maximum absolute atomic E-state index is 11.8. The second-order valence-electron chi connectivity index (χ2n) is 11.6. The van der Waals surface area contributed by atoms with Crippen molar-refractivity contribution in [3.8, 4) is 0 Å². The molecule has 0 heterocycles. The van der Waals surface area contributed by atoms with E-state index in [1.807, 2.05) is 0 Å². The van der Waals surface area contributed by atoms with E-state index in [2.05, 4.69) is 27.7 Å². The molecule has 0 bridgehead atoms. The number of hydrogen-bond donors (Lipinski definition) is 0. The van der Waals surface area contributed by atoms with Crippen molar-refractivity contribution in [3.63, 3.8) is 0 Å². The van der Waals surface area contributed by atoms with Gasteiger partial charge < -0.3 is 18.9 Å². The van der Waals surface area contributed by atoms with Crippen LogP contribution in [-0.2, 0) is 25.6 Å². The predicted octanol–water partition coefficient (Wildman–Crippen LogP) is 10.7. The second kappa shape index (κ2) is 33.4. The first-order valence-electron chi connectivity index (χ1n) is 16.8. The molecule has 0 aliphatic rings. The maximum Gasteiger partial charge on any atom is 2.00 e. The summed E-state index contributed by atoms with van der Waals surface area (Å²) in [5.41, 5.74) is 0. The smallest absolute Gasteiger partial charge is 0.799 e. The van der Waals surface area contributed by atoms with Gasteiger partial charge in [0.15, 0.2) is 0 Å². The molecule has 0 aromatic carbocycles. The van der Waals surface area contributed by atoms with Crippen LogP contribution in [0.4, 0.5) is 0 Å². The monoisotopic (exact) mass is 636 g/mol. The van der Waals surface area contributed by atoms with Crippen LogP contribution in [0, 0.1) is 0 Å². The van der Waals surface area contributed by atoms with Crippen LogP contribution in [0.15, 0.2) is 0 Å². The van der Waals surface area contributed by atoms with Gasteiger partial charge in [0.05, 0.1) is 0 Å². The molecule has 7 heteroatoms. The van der Waals surface area contributed by atoms with Gasteiger partial charge in [0, 0.05) is 14.7 Å². The van der Waals surface area contributed by atoms with Gasteiger partial charge in [-0.1, -0.05) is 156 Å². The predicted molar refractivity (Wildman–Crippen MR) is 168 cm³/mol. The van der Waals surface area contributed by atoms with Gasteiger partial charge in [-0.3, -0.25) is 0 Å². The Morgan fingerprint density at radius 1 is 0.333 bits per heavy atom. The van der Waals surface area contributed by atoms with Gasteiger partial charge in [-0.15, -0.1) is 0 Å². The summed E-state index contributed by atoms with van der Waals surface area (Å²) in [5, 5.41) is 0. The van der Waals surface area contributed by atoms with Crippen LogP contribution >= 0.6 is 14.7 Å². The minimum Gasteiger partial charge on any atom is -0.799 e. The molecule has 0 atom stereocenters. The summed E-state index contributed by atoms with van der Waals surface area (Å²) >= 11 is 0. The standard InChI is InChI=1S/2C16H35O2P.Ni/c2*1-3-5-7-9-11-13-15-19(17,18)16-14-12-10-8-6-4-2;/h2*3-16H2,1-2H3,(H,17,18);/q;;+2/p-2. The van der Waals surface area contributed by atoms with Crippen molar-refractivity contribution in [2.24, 2.45) is 0 Å². The summed E-state index contributed by atoms with van der Waals surface area (Å²) < 4.78 is 23.7. The molecule has 0 saturated heterocycles. The van der Waals surface area contributed by atoms with Crippen LogP contribution < -0.4 is 9.79 Å². The van der Waals surface area contributed by atoms with Crippen molar-refractivity contribution in [1.29, 1.82) is 0 Å². The molecular formula is C32H68NiO4P2. The normalized spacial score (nSPS) is 11.6. The molecule has 0 aliphatic heterocycles. The topological polar surface area (TPSA) is 80.3 Å². The molecule has 0 aliphatic carbocycles. The van der Waals surface area contributed by atoms with Crippen LogP contribution in [0.5, 0.6) is 0 Å². The molecule has 0 fully saturated rings. The average molecular weight is 638 g/mol. The van der Waals surface area contributed by atoms with E-state index in [0.717, 1.165) is 51.4 Å². The van der Waals surface area contributed by atoms with Crippen molar-refractivity contribution in [2.45, 2.75) is 182 Å². The van der Waals surface area contributed by atoms with E-state index < -0.39 is 14.7 Å². The average Bonchev–Trinajstić information content (AvgIpc) is 2.88. The first kappa shape index (κ1) is 44.3. The minimum atomic E-state index is -3.05. The Kier molecular flexibility index (Phi) is 37.9. The summed E-state index contributed by atoms with van der Waals surface area (Å²) in [4.78, 5) is 23.7. The van der Waals surface area contributed by atoms with Gasteiger partial charge in [-0.25, -0.2) is 0 Å². The third-order valence-electron chi connectivity index (χ3n) is 7.41. The summed E-state index contributed by atoms with van der Waals surface area (Å²) in [6, 6.07) is 0. The zero-order chi connectivity index (χ0) is 28.8. The zero-order valence-electron chi connectivity index (χ0n) is 26.6. The molecule has 0 saturated carbocycles. The molecule has 0 unspecified atom stereocenters. The number of hydrogen-bond acceptors (Lipinski definition) is 4. The summed E-state index contributed by atoms with van der Waals surface area (Å²) in [6.07, 6.45) is 29.6. The van der Waals surface area contributed by atoms with E-state index in [4.69, 9.17) is 0 Å². The molecule has 0 aromatic heterocycles. The molecule has 39 heavy (non-hydrogen) atoms.